The van der Waals surface area contributed by atoms with Crippen LogP contribution in [0.5, 0.6) is 0 Å². The number of nitriles is 1. The van der Waals surface area contributed by atoms with Gasteiger partial charge in [-0.2, -0.15) is 10.4 Å². The van der Waals surface area contributed by atoms with Crippen molar-refractivity contribution in [3.63, 3.8) is 0 Å². The number of halogens is 1. The van der Waals surface area contributed by atoms with Gasteiger partial charge in [-0.1, -0.05) is 48.5 Å². The van der Waals surface area contributed by atoms with E-state index in [1.807, 2.05) is 66.7 Å². The molecule has 0 aliphatic carbocycles. The molecule has 0 spiro atoms. The maximum atomic E-state index is 13.6. The molecule has 3 aromatic carbocycles. The molecule has 0 atom stereocenters. The Hall–Kier alpha value is -5.09. The molecule has 1 aliphatic rings. The topological polar surface area (TPSA) is 79.0 Å². The lowest BCUT2D eigenvalue weighted by molar-refractivity contribution is -0.141. The van der Waals surface area contributed by atoms with E-state index in [0.717, 1.165) is 16.2 Å². The lowest BCUT2D eigenvalue weighted by Crippen LogP contribution is -2.42. The first-order valence-corrected chi connectivity index (χ1v) is 11.6. The number of para-hydroxylation sites is 1. The van der Waals surface area contributed by atoms with E-state index in [2.05, 4.69) is 0 Å². The molecule has 0 bridgehead atoms. The van der Waals surface area contributed by atoms with Crippen molar-refractivity contribution < 1.29 is 14.0 Å². The second kappa shape index (κ2) is 9.88. The van der Waals surface area contributed by atoms with Gasteiger partial charge in [-0.25, -0.2) is 9.07 Å². The van der Waals surface area contributed by atoms with E-state index >= 15 is 0 Å². The maximum Gasteiger partial charge on any atom is 0.271 e. The Kier molecular flexibility index (Phi) is 6.31. The zero-order valence-corrected chi connectivity index (χ0v) is 19.9. The fourth-order valence-electron chi connectivity index (χ4n) is 4.23. The van der Waals surface area contributed by atoms with Gasteiger partial charge in [0.1, 0.15) is 17.5 Å². The number of carbonyl (C=O) groups is 2. The molecule has 1 aromatic heterocycles. The van der Waals surface area contributed by atoms with Gasteiger partial charge in [0.25, 0.3) is 11.8 Å². The maximum absolute atomic E-state index is 13.6. The Bertz CT molecular complexity index is 1600. The Labute approximate surface area is 213 Å². The molecule has 0 radical (unpaired) electrons. The van der Waals surface area contributed by atoms with E-state index in [-0.39, 0.29) is 23.5 Å². The van der Waals surface area contributed by atoms with Gasteiger partial charge in [-0.15, -0.1) is 0 Å². The number of hydrogen-bond acceptors (Lipinski definition) is 4. The summed E-state index contributed by atoms with van der Waals surface area (Å²) in [5.41, 5.74) is 3.79. The van der Waals surface area contributed by atoms with Crippen LogP contribution in [0, 0.1) is 17.1 Å². The molecule has 37 heavy (non-hydrogen) atoms. The molecule has 5 rings (SSSR count). The number of hydrogen-bond donors (Lipinski definition) is 0. The van der Waals surface area contributed by atoms with Gasteiger partial charge >= 0.3 is 0 Å². The number of amides is 2. The van der Waals surface area contributed by atoms with Gasteiger partial charge in [0.15, 0.2) is 0 Å². The van der Waals surface area contributed by atoms with Gasteiger partial charge in [-0.05, 0) is 60.5 Å². The zero-order valence-electron chi connectivity index (χ0n) is 19.9. The fraction of sp³-hybridized carbons (Fsp3) is 0.0667. The molecule has 4 aromatic rings. The van der Waals surface area contributed by atoms with Crippen molar-refractivity contribution in [2.45, 2.75) is 13.5 Å². The summed E-state index contributed by atoms with van der Waals surface area (Å²) in [5, 5.41) is 14.5. The summed E-state index contributed by atoms with van der Waals surface area (Å²) < 4.78 is 15.3. The van der Waals surface area contributed by atoms with Crippen LogP contribution in [-0.2, 0) is 16.1 Å². The van der Waals surface area contributed by atoms with Crippen molar-refractivity contribution in [2.24, 2.45) is 0 Å². The minimum Gasteiger partial charge on any atom is -0.269 e. The first kappa shape index (κ1) is 23.6. The van der Waals surface area contributed by atoms with Crippen LogP contribution in [0.25, 0.3) is 23.0 Å². The Balaban J connectivity index is 1.65. The largest absolute Gasteiger partial charge is 0.271 e. The molecular formula is C30H21FN4O2. The number of imide groups is 1. The van der Waals surface area contributed by atoms with Gasteiger partial charge in [0.2, 0.25) is 0 Å². The van der Waals surface area contributed by atoms with Gasteiger partial charge in [0, 0.05) is 22.9 Å². The van der Waals surface area contributed by atoms with E-state index < -0.39 is 11.8 Å². The predicted molar refractivity (Wildman–Crippen MR) is 137 cm³/mol. The summed E-state index contributed by atoms with van der Waals surface area (Å²) in [6.45, 7) is 1.64. The SMILES string of the molecule is CC1=C(C#N)C(=O)N(Cc2ccccc2)C(=O)/C1=C/c1cn(-c2ccccc2)nc1-c1ccc(F)cc1. The molecule has 180 valence electrons. The molecule has 0 saturated carbocycles. The Morgan fingerprint density at radius 1 is 0.919 bits per heavy atom. The van der Waals surface area contributed by atoms with Crippen molar-refractivity contribution in [3.8, 4) is 23.0 Å². The molecule has 2 heterocycles. The van der Waals surface area contributed by atoms with E-state index in [1.165, 1.54) is 12.1 Å². The number of benzene rings is 3. The van der Waals surface area contributed by atoms with Crippen LogP contribution in [0.1, 0.15) is 18.1 Å². The Morgan fingerprint density at radius 3 is 2.22 bits per heavy atom. The van der Waals surface area contributed by atoms with E-state index in [0.29, 0.717) is 22.4 Å². The van der Waals surface area contributed by atoms with Gasteiger partial charge < -0.3 is 0 Å². The van der Waals surface area contributed by atoms with Gasteiger partial charge in [0.05, 0.1) is 17.9 Å². The lowest BCUT2D eigenvalue weighted by atomic mass is 9.93. The van der Waals surface area contributed by atoms with Crippen molar-refractivity contribution >= 4 is 17.9 Å². The highest BCUT2D eigenvalue weighted by molar-refractivity contribution is 6.19. The van der Waals surface area contributed by atoms with Crippen LogP contribution in [0.4, 0.5) is 4.39 Å². The number of carbonyl (C=O) groups excluding carboxylic acids is 2. The van der Waals surface area contributed by atoms with Crippen LogP contribution in [0.3, 0.4) is 0 Å². The summed E-state index contributed by atoms with van der Waals surface area (Å²) in [4.78, 5) is 27.7. The average molecular weight is 489 g/mol. The summed E-state index contributed by atoms with van der Waals surface area (Å²) >= 11 is 0. The van der Waals surface area contributed by atoms with Crippen LogP contribution >= 0.6 is 0 Å². The quantitative estimate of drug-likeness (QED) is 0.276. The smallest absolute Gasteiger partial charge is 0.269 e. The zero-order chi connectivity index (χ0) is 25.9. The van der Waals surface area contributed by atoms with E-state index in [4.69, 9.17) is 5.10 Å². The third-order valence-corrected chi connectivity index (χ3v) is 6.19. The van der Waals surface area contributed by atoms with Crippen LogP contribution in [-0.4, -0.2) is 26.5 Å². The minimum absolute atomic E-state index is 0.0441. The molecule has 0 fully saturated rings. The number of rotatable bonds is 5. The summed E-state index contributed by atoms with van der Waals surface area (Å²) in [7, 11) is 0. The van der Waals surface area contributed by atoms with Crippen molar-refractivity contribution in [2.75, 3.05) is 0 Å². The molecule has 7 heteroatoms. The standard InChI is InChI=1S/C30H21FN4O2/c1-20-26(29(36)34(30(37)27(20)17-32)18-21-8-4-2-5-9-21)16-23-19-35(25-10-6-3-7-11-25)33-28(23)22-12-14-24(31)15-13-22/h2-16,19H,18H2,1H3/b26-16+. The minimum atomic E-state index is -0.621. The second-order valence-electron chi connectivity index (χ2n) is 8.57. The second-order valence-corrected chi connectivity index (χ2v) is 8.57. The molecular weight excluding hydrogens is 467 g/mol. The van der Waals surface area contributed by atoms with Crippen molar-refractivity contribution in [1.82, 2.24) is 14.7 Å². The first-order valence-electron chi connectivity index (χ1n) is 11.6. The first-order chi connectivity index (χ1) is 18.0. The molecule has 0 N–H and O–H groups in total. The molecule has 0 unspecified atom stereocenters. The monoisotopic (exact) mass is 488 g/mol. The molecule has 1 aliphatic heterocycles. The lowest BCUT2D eigenvalue weighted by Gasteiger charge is -2.27. The fourth-order valence-corrected chi connectivity index (χ4v) is 4.23. The average Bonchev–Trinajstić information content (AvgIpc) is 3.35. The van der Waals surface area contributed by atoms with Crippen molar-refractivity contribution in [3.05, 3.63) is 125 Å². The molecule has 2 amide bonds. The predicted octanol–water partition coefficient (Wildman–Crippen LogP) is 5.47. The molecule has 6 nitrogen and oxygen atoms in total. The highest BCUT2D eigenvalue weighted by Gasteiger charge is 2.35. The van der Waals surface area contributed by atoms with Crippen molar-refractivity contribution in [1.29, 1.82) is 5.26 Å². The summed E-state index contributed by atoms with van der Waals surface area (Å²) in [6.07, 6.45) is 3.41. The third kappa shape index (κ3) is 4.60. The highest BCUT2D eigenvalue weighted by Crippen LogP contribution is 2.31. The van der Waals surface area contributed by atoms with E-state index in [1.54, 1.807) is 36.0 Å². The van der Waals surface area contributed by atoms with Crippen LogP contribution in [0.15, 0.2) is 108 Å². The summed E-state index contributed by atoms with van der Waals surface area (Å²) in [5.74, 6) is -1.49. The van der Waals surface area contributed by atoms with Crippen LogP contribution in [0.2, 0.25) is 0 Å². The van der Waals surface area contributed by atoms with Crippen LogP contribution < -0.4 is 0 Å². The van der Waals surface area contributed by atoms with E-state index in [9.17, 15) is 19.2 Å². The normalized spacial score (nSPS) is 14.8. The molecule has 0 saturated heterocycles. The number of aromatic nitrogens is 2. The summed E-state index contributed by atoms with van der Waals surface area (Å²) in [6, 6.07) is 26.5. The Morgan fingerprint density at radius 2 is 1.57 bits per heavy atom. The number of nitrogens with zero attached hydrogens (tertiary/aromatic N) is 4. The van der Waals surface area contributed by atoms with Gasteiger partial charge in [-0.3, -0.25) is 14.5 Å². The third-order valence-electron chi connectivity index (χ3n) is 6.19. The highest BCUT2D eigenvalue weighted by atomic mass is 19.1.